The second kappa shape index (κ2) is 8.28. The van der Waals surface area contributed by atoms with E-state index in [0.29, 0.717) is 35.1 Å². The number of hydrogen-bond donors (Lipinski definition) is 0. The Morgan fingerprint density at radius 2 is 1.52 bits per heavy atom. The lowest BCUT2D eigenvalue weighted by atomic mass is 10.1. The molecule has 6 heteroatoms. The van der Waals surface area contributed by atoms with Crippen LogP contribution in [0.3, 0.4) is 0 Å². The van der Waals surface area contributed by atoms with E-state index in [1.165, 1.54) is 7.11 Å². The zero-order valence-electron chi connectivity index (χ0n) is 15.2. The minimum absolute atomic E-state index is 0.126. The molecular formula is C19H23NO5. The molecular weight excluding hydrogens is 322 g/mol. The van der Waals surface area contributed by atoms with Crippen molar-refractivity contribution in [2.24, 2.45) is 0 Å². The van der Waals surface area contributed by atoms with Gasteiger partial charge in [0.15, 0.2) is 11.5 Å². The van der Waals surface area contributed by atoms with Crippen molar-refractivity contribution in [1.82, 2.24) is 4.90 Å². The molecule has 0 fully saturated rings. The molecule has 0 saturated heterocycles. The van der Waals surface area contributed by atoms with Crippen molar-refractivity contribution in [3.05, 3.63) is 47.5 Å². The Morgan fingerprint density at radius 3 is 2.12 bits per heavy atom. The number of carbonyl (C=O) groups excluding carboxylic acids is 1. The largest absolute Gasteiger partial charge is 0.497 e. The monoisotopic (exact) mass is 345 g/mol. The number of amides is 1. The van der Waals surface area contributed by atoms with Crippen LogP contribution < -0.4 is 18.9 Å². The van der Waals surface area contributed by atoms with E-state index in [-0.39, 0.29) is 5.91 Å². The fourth-order valence-electron chi connectivity index (χ4n) is 2.50. The molecule has 0 N–H and O–H groups in total. The van der Waals surface area contributed by atoms with Gasteiger partial charge in [-0.3, -0.25) is 4.79 Å². The van der Waals surface area contributed by atoms with Gasteiger partial charge in [-0.2, -0.15) is 0 Å². The van der Waals surface area contributed by atoms with E-state index >= 15 is 0 Å². The van der Waals surface area contributed by atoms with E-state index in [1.807, 2.05) is 12.1 Å². The average molecular weight is 345 g/mol. The van der Waals surface area contributed by atoms with Crippen molar-refractivity contribution in [3.63, 3.8) is 0 Å². The summed E-state index contributed by atoms with van der Waals surface area (Å²) in [5.74, 6) is 2.35. The maximum Gasteiger partial charge on any atom is 0.254 e. The highest BCUT2D eigenvalue weighted by molar-refractivity contribution is 5.94. The average Bonchev–Trinajstić information content (AvgIpc) is 2.66. The summed E-state index contributed by atoms with van der Waals surface area (Å²) in [6.07, 6.45) is 0. The predicted octanol–water partition coefficient (Wildman–Crippen LogP) is 2.99. The molecule has 6 nitrogen and oxygen atoms in total. The van der Waals surface area contributed by atoms with Crippen LogP contribution in [0.5, 0.6) is 23.0 Å². The Labute approximate surface area is 147 Å². The highest BCUT2D eigenvalue weighted by atomic mass is 16.5. The van der Waals surface area contributed by atoms with Crippen LogP contribution in [0.2, 0.25) is 0 Å². The lowest BCUT2D eigenvalue weighted by molar-refractivity contribution is 0.0784. The van der Waals surface area contributed by atoms with Gasteiger partial charge in [-0.25, -0.2) is 0 Å². The lowest BCUT2D eigenvalue weighted by Gasteiger charge is -2.20. The summed E-state index contributed by atoms with van der Waals surface area (Å²) in [6.45, 7) is 0.403. The molecule has 0 atom stereocenters. The highest BCUT2D eigenvalue weighted by Gasteiger charge is 2.17. The Bertz CT molecular complexity index is 745. The Balaban J connectivity index is 2.20. The molecule has 0 aromatic heterocycles. The third-order valence-corrected chi connectivity index (χ3v) is 3.88. The van der Waals surface area contributed by atoms with E-state index < -0.39 is 0 Å². The first kappa shape index (κ1) is 18.4. The number of hydrogen-bond acceptors (Lipinski definition) is 5. The molecule has 0 bridgehead atoms. The second-order valence-electron chi connectivity index (χ2n) is 5.41. The van der Waals surface area contributed by atoms with Crippen molar-refractivity contribution < 1.29 is 23.7 Å². The van der Waals surface area contributed by atoms with Crippen LogP contribution in [-0.4, -0.2) is 46.3 Å². The van der Waals surface area contributed by atoms with Gasteiger partial charge in [0.2, 0.25) is 0 Å². The maximum atomic E-state index is 12.7. The summed E-state index contributed by atoms with van der Waals surface area (Å²) >= 11 is 0. The molecule has 25 heavy (non-hydrogen) atoms. The molecule has 1 amide bonds. The minimum atomic E-state index is -0.126. The predicted molar refractivity (Wildman–Crippen MR) is 94.9 cm³/mol. The minimum Gasteiger partial charge on any atom is -0.497 e. The van der Waals surface area contributed by atoms with E-state index in [4.69, 9.17) is 18.9 Å². The number of ether oxygens (including phenoxy) is 4. The maximum absolute atomic E-state index is 12.7. The summed E-state index contributed by atoms with van der Waals surface area (Å²) in [5.41, 5.74) is 1.41. The van der Waals surface area contributed by atoms with Gasteiger partial charge >= 0.3 is 0 Å². The van der Waals surface area contributed by atoms with Crippen molar-refractivity contribution >= 4 is 5.91 Å². The molecule has 0 saturated carbocycles. The zero-order chi connectivity index (χ0) is 18.4. The lowest BCUT2D eigenvalue weighted by Crippen LogP contribution is -2.26. The van der Waals surface area contributed by atoms with E-state index in [9.17, 15) is 4.79 Å². The number of rotatable bonds is 7. The topological polar surface area (TPSA) is 57.2 Å². The number of carbonyl (C=O) groups is 1. The number of methoxy groups -OCH3 is 4. The molecule has 134 valence electrons. The third kappa shape index (κ3) is 4.15. The Kier molecular flexibility index (Phi) is 6.11. The van der Waals surface area contributed by atoms with Crippen LogP contribution in [0, 0.1) is 0 Å². The zero-order valence-corrected chi connectivity index (χ0v) is 15.2. The molecule has 0 spiro atoms. The summed E-state index contributed by atoms with van der Waals surface area (Å²) in [7, 11) is 8.03. The molecule has 0 aliphatic heterocycles. The first-order valence-electron chi connectivity index (χ1n) is 7.72. The van der Waals surface area contributed by atoms with Crippen LogP contribution >= 0.6 is 0 Å². The van der Waals surface area contributed by atoms with Gasteiger partial charge in [0.25, 0.3) is 5.91 Å². The molecule has 2 aromatic rings. The molecule has 0 heterocycles. The van der Waals surface area contributed by atoms with E-state index in [2.05, 4.69) is 0 Å². The molecule has 2 aromatic carbocycles. The fourth-order valence-corrected chi connectivity index (χ4v) is 2.50. The normalized spacial score (nSPS) is 10.1. The first-order chi connectivity index (χ1) is 12.0. The quantitative estimate of drug-likeness (QED) is 0.772. The first-order valence-corrected chi connectivity index (χ1v) is 7.72. The second-order valence-corrected chi connectivity index (χ2v) is 5.41. The van der Waals surface area contributed by atoms with Gasteiger partial charge in [-0.05, 0) is 30.3 Å². The molecule has 2 rings (SSSR count). The SMILES string of the molecule is COc1ccc(CN(C)C(=O)c2ccc(OC)c(OC)c2)c(OC)c1. The molecule has 0 radical (unpaired) electrons. The fraction of sp³-hybridized carbons (Fsp3) is 0.316. The van der Waals surface area contributed by atoms with Crippen LogP contribution in [0.25, 0.3) is 0 Å². The Morgan fingerprint density at radius 1 is 0.840 bits per heavy atom. The van der Waals surface area contributed by atoms with Crippen LogP contribution in [0.4, 0.5) is 0 Å². The summed E-state index contributed by atoms with van der Waals surface area (Å²) in [6, 6.07) is 10.6. The van der Waals surface area contributed by atoms with Gasteiger partial charge < -0.3 is 23.8 Å². The van der Waals surface area contributed by atoms with Gasteiger partial charge in [-0.15, -0.1) is 0 Å². The Hall–Kier alpha value is -2.89. The van der Waals surface area contributed by atoms with Crippen LogP contribution in [0.15, 0.2) is 36.4 Å². The highest BCUT2D eigenvalue weighted by Crippen LogP contribution is 2.29. The van der Waals surface area contributed by atoms with Crippen LogP contribution in [-0.2, 0) is 6.54 Å². The summed E-state index contributed by atoms with van der Waals surface area (Å²) < 4.78 is 21.0. The van der Waals surface area contributed by atoms with Gasteiger partial charge in [0.05, 0.1) is 28.4 Å². The molecule has 0 aliphatic rings. The van der Waals surface area contributed by atoms with Crippen molar-refractivity contribution in [3.8, 4) is 23.0 Å². The van der Waals surface area contributed by atoms with Crippen molar-refractivity contribution in [2.45, 2.75) is 6.54 Å². The van der Waals surface area contributed by atoms with Gasteiger partial charge in [-0.1, -0.05) is 0 Å². The van der Waals surface area contributed by atoms with Crippen molar-refractivity contribution in [2.75, 3.05) is 35.5 Å². The van der Waals surface area contributed by atoms with E-state index in [1.54, 1.807) is 57.5 Å². The standard InChI is InChI=1S/C19H23NO5/c1-20(12-14-6-8-15(22-2)11-17(14)24-4)19(21)13-7-9-16(23-3)18(10-13)25-5/h6-11H,12H2,1-5H3. The van der Waals surface area contributed by atoms with Crippen molar-refractivity contribution in [1.29, 1.82) is 0 Å². The van der Waals surface area contributed by atoms with E-state index in [0.717, 1.165) is 5.56 Å². The van der Waals surface area contributed by atoms with Gasteiger partial charge in [0.1, 0.15) is 11.5 Å². The number of nitrogens with zero attached hydrogens (tertiary/aromatic N) is 1. The summed E-state index contributed by atoms with van der Waals surface area (Å²) in [4.78, 5) is 14.3. The smallest absolute Gasteiger partial charge is 0.254 e. The number of benzene rings is 2. The summed E-state index contributed by atoms with van der Waals surface area (Å²) in [5, 5.41) is 0. The van der Waals surface area contributed by atoms with Gasteiger partial charge in [0, 0.05) is 30.8 Å². The third-order valence-electron chi connectivity index (χ3n) is 3.88. The van der Waals surface area contributed by atoms with Crippen LogP contribution in [0.1, 0.15) is 15.9 Å². The molecule has 0 unspecified atom stereocenters. The molecule has 0 aliphatic carbocycles.